The molecule has 1 rings (SSSR count). The first-order chi connectivity index (χ1) is 6.49. The van der Waals surface area contributed by atoms with Crippen molar-refractivity contribution < 1.29 is 0 Å². The average Bonchev–Trinajstić information content (AvgIpc) is 2.53. The third-order valence-corrected chi connectivity index (χ3v) is 2.90. The van der Waals surface area contributed by atoms with Gasteiger partial charge in [-0.3, -0.25) is 4.98 Å². The lowest BCUT2D eigenvalue weighted by Crippen LogP contribution is -2.35. The molecule has 80 valence electrons. The molecule has 0 aliphatic heterocycles. The van der Waals surface area contributed by atoms with E-state index in [1.54, 1.807) is 11.3 Å². The molecule has 0 radical (unpaired) electrons. The molecule has 2 nitrogen and oxygen atoms in total. The van der Waals surface area contributed by atoms with Crippen molar-refractivity contribution in [1.29, 1.82) is 0 Å². The third-order valence-electron chi connectivity index (χ3n) is 2.13. The second-order valence-electron chi connectivity index (χ2n) is 4.84. The van der Waals surface area contributed by atoms with E-state index < -0.39 is 0 Å². The molecular weight excluding hydrogens is 192 g/mol. The van der Waals surface area contributed by atoms with Crippen molar-refractivity contribution in [1.82, 2.24) is 10.3 Å². The zero-order chi connectivity index (χ0) is 10.6. The Labute approximate surface area is 90.8 Å². The molecule has 1 N–H and O–H groups in total. The van der Waals surface area contributed by atoms with Gasteiger partial charge in [0.25, 0.3) is 0 Å². The van der Waals surface area contributed by atoms with E-state index in [2.05, 4.69) is 38.0 Å². The highest BCUT2D eigenvalue weighted by Crippen LogP contribution is 2.22. The van der Waals surface area contributed by atoms with Gasteiger partial charge in [-0.05, 0) is 11.8 Å². The lowest BCUT2D eigenvalue weighted by molar-refractivity contribution is 0.327. The van der Waals surface area contributed by atoms with Gasteiger partial charge in [0.05, 0.1) is 5.51 Å². The van der Waals surface area contributed by atoms with Crippen LogP contribution >= 0.6 is 11.3 Å². The third kappa shape index (κ3) is 4.20. The minimum atomic E-state index is 0.316. The molecule has 0 saturated carbocycles. The molecule has 1 aromatic rings. The van der Waals surface area contributed by atoms with Gasteiger partial charge in [-0.15, -0.1) is 11.3 Å². The fraction of sp³-hybridized carbons (Fsp3) is 0.727. The van der Waals surface area contributed by atoms with Crippen molar-refractivity contribution in [3.63, 3.8) is 0 Å². The van der Waals surface area contributed by atoms with Gasteiger partial charge in [0.1, 0.15) is 0 Å². The van der Waals surface area contributed by atoms with E-state index in [0.717, 1.165) is 13.0 Å². The Morgan fingerprint density at radius 1 is 1.50 bits per heavy atom. The topological polar surface area (TPSA) is 24.9 Å². The normalized spacial score (nSPS) is 12.4. The maximum atomic E-state index is 4.10. The van der Waals surface area contributed by atoms with Crippen LogP contribution in [-0.2, 0) is 6.42 Å². The summed E-state index contributed by atoms with van der Waals surface area (Å²) in [6, 6.07) is 0.565. The first-order valence-corrected chi connectivity index (χ1v) is 5.98. The summed E-state index contributed by atoms with van der Waals surface area (Å²) in [5.74, 6) is 0. The predicted molar refractivity (Wildman–Crippen MR) is 62.7 cm³/mol. The fourth-order valence-corrected chi connectivity index (χ4v) is 2.20. The Bertz CT molecular complexity index is 252. The number of nitrogens with one attached hydrogen (secondary N) is 1. The van der Waals surface area contributed by atoms with Crippen LogP contribution in [-0.4, -0.2) is 17.6 Å². The smallest absolute Gasteiger partial charge is 0.0794 e. The zero-order valence-corrected chi connectivity index (χ0v) is 10.3. The van der Waals surface area contributed by atoms with Crippen LogP contribution < -0.4 is 5.32 Å². The number of thiazole rings is 1. The quantitative estimate of drug-likeness (QED) is 0.811. The van der Waals surface area contributed by atoms with Gasteiger partial charge in [0.15, 0.2) is 0 Å². The Kier molecular flexibility index (Phi) is 4.08. The minimum Gasteiger partial charge on any atom is -0.314 e. The Morgan fingerprint density at radius 2 is 2.21 bits per heavy atom. The van der Waals surface area contributed by atoms with E-state index in [-0.39, 0.29) is 0 Å². The highest BCUT2D eigenvalue weighted by molar-refractivity contribution is 7.09. The number of nitrogens with zero attached hydrogens (tertiary/aromatic N) is 1. The van der Waals surface area contributed by atoms with Crippen molar-refractivity contribution >= 4 is 11.3 Å². The van der Waals surface area contributed by atoms with Crippen LogP contribution in [0.1, 0.15) is 32.6 Å². The summed E-state index contributed by atoms with van der Waals surface area (Å²) in [5.41, 5.74) is 2.22. The van der Waals surface area contributed by atoms with Crippen molar-refractivity contribution in [3.05, 3.63) is 16.6 Å². The molecule has 0 bridgehead atoms. The van der Waals surface area contributed by atoms with Crippen molar-refractivity contribution in [2.75, 3.05) is 6.54 Å². The van der Waals surface area contributed by atoms with Crippen LogP contribution in [0.25, 0.3) is 0 Å². The first kappa shape index (κ1) is 11.7. The second-order valence-corrected chi connectivity index (χ2v) is 5.82. The van der Waals surface area contributed by atoms with Crippen LogP contribution in [0.2, 0.25) is 0 Å². The van der Waals surface area contributed by atoms with Gasteiger partial charge in [-0.25, -0.2) is 0 Å². The summed E-state index contributed by atoms with van der Waals surface area (Å²) in [6.45, 7) is 10.0. The molecule has 0 atom stereocenters. The van der Waals surface area contributed by atoms with Crippen LogP contribution in [0.5, 0.6) is 0 Å². The van der Waals surface area contributed by atoms with Gasteiger partial charge in [-0.1, -0.05) is 27.7 Å². The van der Waals surface area contributed by atoms with E-state index in [4.69, 9.17) is 0 Å². The van der Waals surface area contributed by atoms with Gasteiger partial charge < -0.3 is 5.32 Å². The van der Waals surface area contributed by atoms with Crippen molar-refractivity contribution in [3.8, 4) is 0 Å². The number of hydrogen-bond acceptors (Lipinski definition) is 3. The molecule has 0 aliphatic rings. The molecule has 0 fully saturated rings. The Morgan fingerprint density at radius 3 is 2.71 bits per heavy atom. The summed E-state index contributed by atoms with van der Waals surface area (Å²) in [7, 11) is 0. The summed E-state index contributed by atoms with van der Waals surface area (Å²) >= 11 is 1.75. The maximum Gasteiger partial charge on any atom is 0.0794 e. The molecule has 0 amide bonds. The second kappa shape index (κ2) is 4.89. The lowest BCUT2D eigenvalue weighted by atomic mass is 9.88. The Balaban J connectivity index is 2.41. The lowest BCUT2D eigenvalue weighted by Gasteiger charge is -2.25. The van der Waals surface area contributed by atoms with Crippen LogP contribution in [0.4, 0.5) is 0 Å². The standard InChI is InChI=1S/C11H20N2S/c1-9(2)13-7-11(3,4)5-10-6-12-8-14-10/h6,8-9,13H,5,7H2,1-4H3. The monoisotopic (exact) mass is 212 g/mol. The molecule has 3 heteroatoms. The van der Waals surface area contributed by atoms with Crippen LogP contribution in [0, 0.1) is 5.41 Å². The summed E-state index contributed by atoms with van der Waals surface area (Å²) in [5, 5.41) is 3.48. The number of rotatable bonds is 5. The predicted octanol–water partition coefficient (Wildman–Crippen LogP) is 2.71. The highest BCUT2D eigenvalue weighted by atomic mass is 32.1. The molecule has 0 saturated heterocycles. The summed E-state index contributed by atoms with van der Waals surface area (Å²) < 4.78 is 0. The van der Waals surface area contributed by atoms with Gasteiger partial charge >= 0.3 is 0 Å². The molecule has 14 heavy (non-hydrogen) atoms. The molecule has 0 aliphatic carbocycles. The largest absolute Gasteiger partial charge is 0.314 e. The fourth-order valence-electron chi connectivity index (χ4n) is 1.34. The molecule has 0 unspecified atom stereocenters. The molecule has 0 spiro atoms. The average molecular weight is 212 g/mol. The molecule has 1 aromatic heterocycles. The maximum absolute atomic E-state index is 4.10. The number of aromatic nitrogens is 1. The first-order valence-electron chi connectivity index (χ1n) is 5.10. The van der Waals surface area contributed by atoms with Crippen LogP contribution in [0.3, 0.4) is 0 Å². The van der Waals surface area contributed by atoms with Gasteiger partial charge in [-0.2, -0.15) is 0 Å². The zero-order valence-electron chi connectivity index (χ0n) is 9.50. The SMILES string of the molecule is CC(C)NCC(C)(C)Cc1cncs1. The van der Waals surface area contributed by atoms with Crippen molar-refractivity contribution in [2.24, 2.45) is 5.41 Å². The van der Waals surface area contributed by atoms with E-state index in [1.807, 2.05) is 11.7 Å². The van der Waals surface area contributed by atoms with E-state index in [0.29, 0.717) is 11.5 Å². The van der Waals surface area contributed by atoms with E-state index in [9.17, 15) is 0 Å². The van der Waals surface area contributed by atoms with E-state index >= 15 is 0 Å². The highest BCUT2D eigenvalue weighted by Gasteiger charge is 2.19. The van der Waals surface area contributed by atoms with Crippen LogP contribution in [0.15, 0.2) is 11.7 Å². The summed E-state index contributed by atoms with van der Waals surface area (Å²) in [4.78, 5) is 5.48. The minimum absolute atomic E-state index is 0.316. The van der Waals surface area contributed by atoms with Gasteiger partial charge in [0.2, 0.25) is 0 Å². The van der Waals surface area contributed by atoms with Gasteiger partial charge in [0, 0.05) is 23.7 Å². The summed E-state index contributed by atoms with van der Waals surface area (Å²) in [6.07, 6.45) is 3.08. The molecule has 1 heterocycles. The molecule has 0 aromatic carbocycles. The number of hydrogen-bond donors (Lipinski definition) is 1. The Hall–Kier alpha value is -0.410. The molecular formula is C11H20N2S. The van der Waals surface area contributed by atoms with Crippen molar-refractivity contribution in [2.45, 2.75) is 40.2 Å². The van der Waals surface area contributed by atoms with E-state index in [1.165, 1.54) is 4.88 Å².